The van der Waals surface area contributed by atoms with E-state index in [1.54, 1.807) is 6.07 Å². The summed E-state index contributed by atoms with van der Waals surface area (Å²) in [5.74, 6) is 0.348. The summed E-state index contributed by atoms with van der Waals surface area (Å²) in [6.07, 6.45) is 2.22. The number of rotatable bonds is 5. The first-order valence-electron chi connectivity index (χ1n) is 5.82. The molecule has 0 spiro atoms. The van der Waals surface area contributed by atoms with Crippen LogP contribution in [0, 0.1) is 0 Å². The molecule has 2 N–H and O–H groups in total. The minimum absolute atomic E-state index is 0.179. The van der Waals surface area contributed by atoms with E-state index in [1.807, 2.05) is 12.1 Å². The highest BCUT2D eigenvalue weighted by atomic mass is 79.9. The van der Waals surface area contributed by atoms with Crippen LogP contribution >= 0.6 is 15.9 Å². The van der Waals surface area contributed by atoms with Gasteiger partial charge in [0, 0.05) is 22.1 Å². The average molecular weight is 286 g/mol. The number of aromatic hydroxyl groups is 1. The molecule has 0 saturated carbocycles. The lowest BCUT2D eigenvalue weighted by Gasteiger charge is -2.22. The smallest absolute Gasteiger partial charge is 0.121 e. The maximum atomic E-state index is 9.85. The number of benzene rings is 1. The van der Waals surface area contributed by atoms with Gasteiger partial charge in [0.15, 0.2) is 0 Å². The molecule has 0 saturated heterocycles. The van der Waals surface area contributed by atoms with Crippen LogP contribution in [0.15, 0.2) is 22.7 Å². The van der Waals surface area contributed by atoms with Crippen LogP contribution in [-0.4, -0.2) is 11.1 Å². The predicted molar refractivity (Wildman–Crippen MR) is 71.7 cm³/mol. The highest BCUT2D eigenvalue weighted by Crippen LogP contribution is 2.27. The second-order valence-electron chi connectivity index (χ2n) is 4.10. The third-order valence-electron chi connectivity index (χ3n) is 2.93. The second kappa shape index (κ2) is 6.26. The largest absolute Gasteiger partial charge is 0.508 e. The SMILES string of the molecule is CCC(CC)NC(C)c1ccc(Br)cc1O. The van der Waals surface area contributed by atoms with Crippen molar-refractivity contribution in [3.63, 3.8) is 0 Å². The summed E-state index contributed by atoms with van der Waals surface area (Å²) < 4.78 is 0.906. The molecule has 1 aromatic rings. The second-order valence-corrected chi connectivity index (χ2v) is 5.02. The zero-order valence-corrected chi connectivity index (χ0v) is 11.7. The Balaban J connectivity index is 2.76. The van der Waals surface area contributed by atoms with Crippen molar-refractivity contribution in [2.45, 2.75) is 45.7 Å². The standard InChI is InChI=1S/C13H20BrNO/c1-4-11(5-2)15-9(3)12-7-6-10(14)8-13(12)16/h6-9,11,15-16H,4-5H2,1-3H3. The number of hydrogen-bond donors (Lipinski definition) is 2. The number of phenols is 1. The zero-order valence-electron chi connectivity index (χ0n) is 10.1. The van der Waals surface area contributed by atoms with Crippen molar-refractivity contribution in [3.05, 3.63) is 28.2 Å². The van der Waals surface area contributed by atoms with Gasteiger partial charge in [-0.25, -0.2) is 0 Å². The Kier molecular flexibility index (Phi) is 5.29. The van der Waals surface area contributed by atoms with Gasteiger partial charge in [-0.3, -0.25) is 0 Å². The Labute approximate surface area is 106 Å². The summed E-state index contributed by atoms with van der Waals surface area (Å²) in [5.41, 5.74) is 0.954. The Morgan fingerprint density at radius 1 is 1.31 bits per heavy atom. The van der Waals surface area contributed by atoms with Gasteiger partial charge in [-0.15, -0.1) is 0 Å². The van der Waals surface area contributed by atoms with E-state index >= 15 is 0 Å². The van der Waals surface area contributed by atoms with E-state index in [0.717, 1.165) is 22.9 Å². The highest BCUT2D eigenvalue weighted by molar-refractivity contribution is 9.10. The van der Waals surface area contributed by atoms with Gasteiger partial charge in [-0.05, 0) is 31.9 Å². The average Bonchev–Trinajstić information content (AvgIpc) is 2.25. The molecular formula is C13H20BrNO. The molecule has 0 aromatic heterocycles. The molecule has 0 fully saturated rings. The molecule has 0 bridgehead atoms. The predicted octanol–water partition coefficient (Wildman–Crippen LogP) is 3.99. The lowest BCUT2D eigenvalue weighted by Crippen LogP contribution is -2.30. The molecule has 1 atom stereocenters. The van der Waals surface area contributed by atoms with Crippen LogP contribution in [0.2, 0.25) is 0 Å². The van der Waals surface area contributed by atoms with Gasteiger partial charge in [-0.1, -0.05) is 35.8 Å². The van der Waals surface area contributed by atoms with Crippen LogP contribution in [-0.2, 0) is 0 Å². The van der Waals surface area contributed by atoms with Crippen molar-refractivity contribution < 1.29 is 5.11 Å². The molecule has 0 amide bonds. The van der Waals surface area contributed by atoms with Crippen molar-refractivity contribution >= 4 is 15.9 Å². The van der Waals surface area contributed by atoms with E-state index in [2.05, 4.69) is 42.0 Å². The third-order valence-corrected chi connectivity index (χ3v) is 3.42. The topological polar surface area (TPSA) is 32.3 Å². The quantitative estimate of drug-likeness (QED) is 0.857. The molecule has 2 nitrogen and oxygen atoms in total. The first-order valence-corrected chi connectivity index (χ1v) is 6.62. The fraction of sp³-hybridized carbons (Fsp3) is 0.538. The van der Waals surface area contributed by atoms with Gasteiger partial charge in [0.2, 0.25) is 0 Å². The molecule has 1 rings (SSSR count). The summed E-state index contributed by atoms with van der Waals surface area (Å²) in [4.78, 5) is 0. The van der Waals surface area contributed by atoms with Crippen LogP contribution in [0.5, 0.6) is 5.75 Å². The van der Waals surface area contributed by atoms with Crippen LogP contribution in [0.25, 0.3) is 0 Å². The molecular weight excluding hydrogens is 266 g/mol. The van der Waals surface area contributed by atoms with Crippen molar-refractivity contribution in [2.24, 2.45) is 0 Å². The first-order chi connectivity index (χ1) is 7.58. The summed E-state index contributed by atoms with van der Waals surface area (Å²) in [6.45, 7) is 6.44. The molecule has 1 aromatic carbocycles. The molecule has 0 heterocycles. The highest BCUT2D eigenvalue weighted by Gasteiger charge is 2.13. The van der Waals surface area contributed by atoms with Crippen LogP contribution in [0.3, 0.4) is 0 Å². The monoisotopic (exact) mass is 285 g/mol. The lowest BCUT2D eigenvalue weighted by atomic mass is 10.0. The maximum absolute atomic E-state index is 9.85. The molecule has 90 valence electrons. The van der Waals surface area contributed by atoms with E-state index in [4.69, 9.17) is 0 Å². The van der Waals surface area contributed by atoms with Gasteiger partial charge in [-0.2, -0.15) is 0 Å². The Hall–Kier alpha value is -0.540. The minimum Gasteiger partial charge on any atom is -0.508 e. The van der Waals surface area contributed by atoms with Gasteiger partial charge in [0.05, 0.1) is 0 Å². The molecule has 0 radical (unpaired) electrons. The zero-order chi connectivity index (χ0) is 12.1. The fourth-order valence-corrected chi connectivity index (χ4v) is 2.20. The molecule has 0 aliphatic heterocycles. The minimum atomic E-state index is 0.179. The normalized spacial score (nSPS) is 13.1. The van der Waals surface area contributed by atoms with E-state index in [0.29, 0.717) is 11.8 Å². The Morgan fingerprint density at radius 3 is 2.44 bits per heavy atom. The van der Waals surface area contributed by atoms with Gasteiger partial charge >= 0.3 is 0 Å². The van der Waals surface area contributed by atoms with E-state index in [9.17, 15) is 5.11 Å². The molecule has 3 heteroatoms. The van der Waals surface area contributed by atoms with Crippen molar-refractivity contribution in [2.75, 3.05) is 0 Å². The van der Waals surface area contributed by atoms with Crippen LogP contribution in [0.1, 0.15) is 45.2 Å². The summed E-state index contributed by atoms with van der Waals surface area (Å²) >= 11 is 3.34. The number of halogens is 1. The van der Waals surface area contributed by atoms with Gasteiger partial charge in [0.25, 0.3) is 0 Å². The van der Waals surface area contributed by atoms with Gasteiger partial charge in [0.1, 0.15) is 5.75 Å². The number of hydrogen-bond acceptors (Lipinski definition) is 2. The Morgan fingerprint density at radius 2 is 1.94 bits per heavy atom. The molecule has 0 aliphatic rings. The molecule has 16 heavy (non-hydrogen) atoms. The summed E-state index contributed by atoms with van der Waals surface area (Å²) in [7, 11) is 0. The van der Waals surface area contributed by atoms with Crippen LogP contribution in [0.4, 0.5) is 0 Å². The van der Waals surface area contributed by atoms with Crippen LogP contribution < -0.4 is 5.32 Å². The lowest BCUT2D eigenvalue weighted by molar-refractivity contribution is 0.411. The summed E-state index contributed by atoms with van der Waals surface area (Å²) in [6, 6.07) is 6.34. The fourth-order valence-electron chi connectivity index (χ4n) is 1.85. The molecule has 1 unspecified atom stereocenters. The van der Waals surface area contributed by atoms with Gasteiger partial charge < -0.3 is 10.4 Å². The van der Waals surface area contributed by atoms with E-state index < -0.39 is 0 Å². The third kappa shape index (κ3) is 3.49. The van der Waals surface area contributed by atoms with E-state index in [-0.39, 0.29) is 6.04 Å². The van der Waals surface area contributed by atoms with Crippen molar-refractivity contribution in [3.8, 4) is 5.75 Å². The number of nitrogens with one attached hydrogen (secondary N) is 1. The van der Waals surface area contributed by atoms with Crippen molar-refractivity contribution in [1.82, 2.24) is 5.32 Å². The number of phenolic OH excluding ortho intramolecular Hbond substituents is 1. The summed E-state index contributed by atoms with van der Waals surface area (Å²) in [5, 5.41) is 13.4. The Bertz CT molecular complexity index is 337. The van der Waals surface area contributed by atoms with Crippen molar-refractivity contribution in [1.29, 1.82) is 0 Å². The van der Waals surface area contributed by atoms with E-state index in [1.165, 1.54) is 0 Å². The maximum Gasteiger partial charge on any atom is 0.121 e. The first kappa shape index (κ1) is 13.5. The molecule has 0 aliphatic carbocycles.